The molecule has 0 bridgehead atoms. The van der Waals surface area contributed by atoms with Crippen molar-refractivity contribution in [1.29, 1.82) is 0 Å². The van der Waals surface area contributed by atoms with Crippen molar-refractivity contribution in [1.82, 2.24) is 4.90 Å². The smallest absolute Gasteiger partial charge is 0.254 e. The maximum atomic E-state index is 13.0. The van der Waals surface area contributed by atoms with Crippen LogP contribution in [0.25, 0.3) is 0 Å². The number of phenols is 1. The summed E-state index contributed by atoms with van der Waals surface area (Å²) in [6, 6.07) is 10.6. The van der Waals surface area contributed by atoms with E-state index in [0.29, 0.717) is 16.7 Å². The third-order valence-electron chi connectivity index (χ3n) is 4.33. The Morgan fingerprint density at radius 2 is 1.92 bits per heavy atom. The molecule has 0 aliphatic heterocycles. The van der Waals surface area contributed by atoms with Crippen LogP contribution in [-0.2, 0) is 0 Å². The second kappa shape index (κ2) is 6.61. The molecule has 24 heavy (non-hydrogen) atoms. The topological polar surface area (TPSA) is 60.8 Å². The number of benzene rings is 2. The van der Waals surface area contributed by atoms with Crippen molar-refractivity contribution in [3.8, 4) is 5.75 Å². The number of carbonyl (C=O) groups excluding carboxylic acids is 1. The molecule has 0 heterocycles. The highest BCUT2D eigenvalue weighted by Gasteiger charge is 2.34. The van der Waals surface area contributed by atoms with Crippen LogP contribution in [0.5, 0.6) is 5.75 Å². The number of nitrogens with zero attached hydrogens (tertiary/aromatic N) is 1. The average Bonchev–Trinajstić information content (AvgIpc) is 3.40. The monoisotopic (exact) mass is 329 g/mol. The van der Waals surface area contributed by atoms with E-state index in [4.69, 9.17) is 0 Å². The number of hydrogen-bond donors (Lipinski definition) is 2. The first-order valence-electron chi connectivity index (χ1n) is 8.00. The zero-order valence-corrected chi connectivity index (χ0v) is 13.4. The molecular weight excluding hydrogens is 309 g/mol. The molecule has 3 rings (SSSR count). The molecule has 4 nitrogen and oxygen atoms in total. The average molecular weight is 329 g/mol. The molecule has 2 aromatic carbocycles. The molecule has 2 N–H and O–H groups in total. The third-order valence-corrected chi connectivity index (χ3v) is 4.33. The zero-order valence-electron chi connectivity index (χ0n) is 13.4. The van der Waals surface area contributed by atoms with Gasteiger partial charge in [-0.3, -0.25) is 4.79 Å². The summed E-state index contributed by atoms with van der Waals surface area (Å²) in [4.78, 5) is 14.4. The van der Waals surface area contributed by atoms with E-state index in [1.807, 2.05) is 0 Å². The van der Waals surface area contributed by atoms with Crippen LogP contribution in [0.4, 0.5) is 4.39 Å². The predicted molar refractivity (Wildman–Crippen MR) is 88.3 cm³/mol. The molecule has 5 heteroatoms. The number of phenolic OH excluding ortho intramolecular Hbond substituents is 1. The highest BCUT2D eigenvalue weighted by atomic mass is 19.1. The van der Waals surface area contributed by atoms with Gasteiger partial charge < -0.3 is 15.1 Å². The van der Waals surface area contributed by atoms with E-state index in [-0.39, 0.29) is 30.1 Å². The van der Waals surface area contributed by atoms with Gasteiger partial charge in [0.05, 0.1) is 12.6 Å². The summed E-state index contributed by atoms with van der Waals surface area (Å²) in [5.74, 6) is -0.499. The lowest BCUT2D eigenvalue weighted by atomic mass is 10.1. The number of amides is 1. The minimum atomic E-state index is -0.880. The van der Waals surface area contributed by atoms with E-state index in [2.05, 4.69) is 0 Å². The van der Waals surface area contributed by atoms with Crippen LogP contribution in [0.1, 0.15) is 40.4 Å². The third kappa shape index (κ3) is 3.57. The van der Waals surface area contributed by atoms with Crippen LogP contribution in [0.2, 0.25) is 0 Å². The minimum Gasteiger partial charge on any atom is -0.508 e. The van der Waals surface area contributed by atoms with Crippen molar-refractivity contribution in [3.05, 3.63) is 65.0 Å². The lowest BCUT2D eigenvalue weighted by molar-refractivity contribution is 0.0602. The molecule has 1 amide bonds. The van der Waals surface area contributed by atoms with Gasteiger partial charge >= 0.3 is 0 Å². The molecule has 1 aliphatic carbocycles. The molecule has 1 unspecified atom stereocenters. The number of hydrogen-bond acceptors (Lipinski definition) is 3. The highest BCUT2D eigenvalue weighted by Crippen LogP contribution is 2.31. The number of aliphatic hydroxyl groups is 1. The summed E-state index contributed by atoms with van der Waals surface area (Å²) in [6.45, 7) is 1.91. The highest BCUT2D eigenvalue weighted by molar-refractivity contribution is 5.95. The number of aliphatic hydroxyl groups excluding tert-OH is 1. The van der Waals surface area contributed by atoms with Gasteiger partial charge in [0.1, 0.15) is 11.6 Å². The van der Waals surface area contributed by atoms with Crippen molar-refractivity contribution >= 4 is 5.91 Å². The maximum Gasteiger partial charge on any atom is 0.254 e. The molecule has 0 saturated heterocycles. The van der Waals surface area contributed by atoms with Gasteiger partial charge in [-0.15, -0.1) is 0 Å². The summed E-state index contributed by atoms with van der Waals surface area (Å²) in [7, 11) is 0. The fourth-order valence-electron chi connectivity index (χ4n) is 2.67. The molecule has 126 valence electrons. The number of halogens is 1. The van der Waals surface area contributed by atoms with E-state index in [1.54, 1.807) is 24.0 Å². The molecular formula is C19H20FNO3. The van der Waals surface area contributed by atoms with Crippen LogP contribution in [0.3, 0.4) is 0 Å². The van der Waals surface area contributed by atoms with Crippen LogP contribution >= 0.6 is 0 Å². The van der Waals surface area contributed by atoms with Crippen LogP contribution in [-0.4, -0.2) is 33.6 Å². The summed E-state index contributed by atoms with van der Waals surface area (Å²) >= 11 is 0. The number of carbonyl (C=O) groups is 1. The Hall–Kier alpha value is -2.40. The largest absolute Gasteiger partial charge is 0.508 e. The Balaban J connectivity index is 1.78. The van der Waals surface area contributed by atoms with Crippen molar-refractivity contribution in [2.45, 2.75) is 31.9 Å². The molecule has 0 radical (unpaired) electrons. The van der Waals surface area contributed by atoms with E-state index >= 15 is 0 Å². The summed E-state index contributed by atoms with van der Waals surface area (Å²) in [5.41, 5.74) is 1.67. The quantitative estimate of drug-likeness (QED) is 0.886. The van der Waals surface area contributed by atoms with Gasteiger partial charge in [0.15, 0.2) is 0 Å². The van der Waals surface area contributed by atoms with Crippen LogP contribution in [0.15, 0.2) is 42.5 Å². The minimum absolute atomic E-state index is 0.0793. The fraction of sp³-hybridized carbons (Fsp3) is 0.316. The maximum absolute atomic E-state index is 13.0. The number of rotatable bonds is 5. The summed E-state index contributed by atoms with van der Waals surface area (Å²) < 4.78 is 13.0. The Kier molecular flexibility index (Phi) is 4.53. The fourth-order valence-corrected chi connectivity index (χ4v) is 2.67. The molecule has 1 atom stereocenters. The molecule has 0 spiro atoms. The zero-order chi connectivity index (χ0) is 17.3. The molecule has 1 saturated carbocycles. The lowest BCUT2D eigenvalue weighted by Gasteiger charge is -2.25. The van der Waals surface area contributed by atoms with Crippen molar-refractivity contribution < 1.29 is 19.4 Å². The normalized spacial score (nSPS) is 15.1. The second-order valence-corrected chi connectivity index (χ2v) is 6.26. The van der Waals surface area contributed by atoms with E-state index < -0.39 is 6.10 Å². The van der Waals surface area contributed by atoms with Gasteiger partial charge in [-0.25, -0.2) is 4.39 Å². The van der Waals surface area contributed by atoms with Gasteiger partial charge in [-0.1, -0.05) is 18.2 Å². The van der Waals surface area contributed by atoms with E-state index in [9.17, 15) is 19.4 Å². The second-order valence-electron chi connectivity index (χ2n) is 6.26. The van der Waals surface area contributed by atoms with Crippen LogP contribution < -0.4 is 0 Å². The Labute approximate surface area is 140 Å². The van der Waals surface area contributed by atoms with Crippen molar-refractivity contribution in [2.75, 3.05) is 6.54 Å². The van der Waals surface area contributed by atoms with Crippen molar-refractivity contribution in [2.24, 2.45) is 0 Å². The van der Waals surface area contributed by atoms with E-state index in [0.717, 1.165) is 12.8 Å². The molecule has 0 aromatic heterocycles. The van der Waals surface area contributed by atoms with E-state index in [1.165, 1.54) is 30.3 Å². The first kappa shape index (κ1) is 16.5. The molecule has 1 fully saturated rings. The predicted octanol–water partition coefficient (Wildman–Crippen LogP) is 3.18. The van der Waals surface area contributed by atoms with Crippen molar-refractivity contribution in [3.63, 3.8) is 0 Å². The standard InChI is InChI=1S/C19H20FNO3/c1-12-2-3-14(10-17(12)22)19(24)21(16-8-9-16)11-18(23)13-4-6-15(20)7-5-13/h2-7,10,16,18,22-23H,8-9,11H2,1H3. The Morgan fingerprint density at radius 1 is 1.25 bits per heavy atom. The van der Waals surface area contributed by atoms with Gasteiger partial charge in [-0.05, 0) is 55.2 Å². The number of aryl methyl sites for hydroxylation is 1. The summed E-state index contributed by atoms with van der Waals surface area (Å²) in [6.07, 6.45) is 0.925. The van der Waals surface area contributed by atoms with Gasteiger partial charge in [0, 0.05) is 11.6 Å². The van der Waals surface area contributed by atoms with Gasteiger partial charge in [0.2, 0.25) is 0 Å². The Bertz CT molecular complexity index is 741. The van der Waals surface area contributed by atoms with Crippen LogP contribution in [0, 0.1) is 12.7 Å². The molecule has 1 aliphatic rings. The number of aromatic hydroxyl groups is 1. The first-order valence-corrected chi connectivity index (χ1v) is 8.00. The molecule has 2 aromatic rings. The summed E-state index contributed by atoms with van der Waals surface area (Å²) in [5, 5.41) is 20.2. The first-order chi connectivity index (χ1) is 11.5. The SMILES string of the molecule is Cc1ccc(C(=O)N(CC(O)c2ccc(F)cc2)C2CC2)cc1O. The van der Waals surface area contributed by atoms with Gasteiger partial charge in [-0.2, -0.15) is 0 Å². The lowest BCUT2D eigenvalue weighted by Crippen LogP contribution is -2.36. The van der Waals surface area contributed by atoms with Gasteiger partial charge in [0.25, 0.3) is 5.91 Å². The Morgan fingerprint density at radius 3 is 2.50 bits per heavy atom.